The zero-order valence-corrected chi connectivity index (χ0v) is 14.0. The highest BCUT2D eigenvalue weighted by Crippen LogP contribution is 2.31. The summed E-state index contributed by atoms with van der Waals surface area (Å²) in [6.07, 6.45) is -0.574. The molecule has 0 fully saturated rings. The number of halogens is 1. The topological polar surface area (TPSA) is 39.2 Å². The number of benzene rings is 2. The number of hydrogen-bond donors (Lipinski definition) is 0. The van der Waals surface area contributed by atoms with Crippen LogP contribution in [0, 0.1) is 0 Å². The van der Waals surface area contributed by atoms with Crippen LogP contribution in [-0.4, -0.2) is 16.2 Å². The largest absolute Gasteiger partial charge is 0.482 e. The molecule has 0 N–H and O–H groups in total. The number of ether oxygens (including phenoxy) is 1. The molecule has 6 heteroatoms. The van der Waals surface area contributed by atoms with Crippen molar-refractivity contribution in [2.24, 2.45) is 0 Å². The Morgan fingerprint density at radius 2 is 2.09 bits per heavy atom. The van der Waals surface area contributed by atoms with E-state index in [0.717, 1.165) is 26.3 Å². The van der Waals surface area contributed by atoms with Gasteiger partial charge in [-0.1, -0.05) is 29.8 Å². The summed E-state index contributed by atoms with van der Waals surface area (Å²) in [5.74, 6) is 0.582. The first kappa shape index (κ1) is 15.3. The summed E-state index contributed by atoms with van der Waals surface area (Å²) in [5.41, 5.74) is 0.909. The van der Waals surface area contributed by atoms with Gasteiger partial charge in [-0.15, -0.1) is 11.3 Å². The van der Waals surface area contributed by atoms with Gasteiger partial charge in [-0.05, 0) is 49.0 Å². The van der Waals surface area contributed by atoms with E-state index < -0.39 is 6.10 Å². The zero-order valence-electron chi connectivity index (χ0n) is 11.7. The van der Waals surface area contributed by atoms with E-state index in [-0.39, 0.29) is 5.12 Å². The highest BCUT2D eigenvalue weighted by atomic mass is 35.5. The first-order valence-corrected chi connectivity index (χ1v) is 8.62. The van der Waals surface area contributed by atoms with Crippen molar-refractivity contribution in [3.05, 3.63) is 53.6 Å². The molecule has 1 unspecified atom stereocenters. The lowest BCUT2D eigenvalue weighted by atomic mass is 10.3. The van der Waals surface area contributed by atoms with Gasteiger partial charge in [0, 0.05) is 5.02 Å². The second-order valence-electron chi connectivity index (χ2n) is 4.59. The number of aromatic nitrogens is 1. The van der Waals surface area contributed by atoms with Crippen LogP contribution in [0.4, 0.5) is 0 Å². The third kappa shape index (κ3) is 3.61. The van der Waals surface area contributed by atoms with Crippen molar-refractivity contribution in [1.82, 2.24) is 4.98 Å². The van der Waals surface area contributed by atoms with E-state index in [2.05, 4.69) is 4.98 Å². The third-order valence-electron chi connectivity index (χ3n) is 2.90. The molecule has 1 atom stereocenters. The minimum absolute atomic E-state index is 0.0842. The van der Waals surface area contributed by atoms with Crippen LogP contribution in [0.25, 0.3) is 10.2 Å². The average Bonchev–Trinajstić information content (AvgIpc) is 2.89. The van der Waals surface area contributed by atoms with E-state index in [1.165, 1.54) is 11.3 Å². The van der Waals surface area contributed by atoms with Gasteiger partial charge in [-0.2, -0.15) is 0 Å². The molecule has 3 rings (SSSR count). The van der Waals surface area contributed by atoms with Crippen LogP contribution < -0.4 is 4.74 Å². The number of carbonyl (C=O) groups excluding carboxylic acids is 1. The maximum absolute atomic E-state index is 12.3. The molecule has 0 aliphatic carbocycles. The van der Waals surface area contributed by atoms with Crippen molar-refractivity contribution in [3.8, 4) is 5.75 Å². The van der Waals surface area contributed by atoms with Crippen molar-refractivity contribution in [1.29, 1.82) is 0 Å². The van der Waals surface area contributed by atoms with E-state index in [9.17, 15) is 4.79 Å². The Kier molecular flexibility index (Phi) is 4.66. The molecule has 0 aliphatic rings. The number of para-hydroxylation sites is 1. The van der Waals surface area contributed by atoms with Crippen molar-refractivity contribution in [2.45, 2.75) is 17.4 Å². The summed E-state index contributed by atoms with van der Waals surface area (Å²) in [6.45, 7) is 1.73. The van der Waals surface area contributed by atoms with Crippen LogP contribution in [0.5, 0.6) is 5.75 Å². The SMILES string of the molecule is CC(Oc1cccc(Cl)c1)C(=O)Sc1nc2ccccc2s1. The predicted octanol–water partition coefficient (Wildman–Crippen LogP) is 5.04. The van der Waals surface area contributed by atoms with Gasteiger partial charge in [-0.25, -0.2) is 4.98 Å². The summed E-state index contributed by atoms with van der Waals surface area (Å²) < 4.78 is 7.43. The van der Waals surface area contributed by atoms with Gasteiger partial charge < -0.3 is 4.74 Å². The van der Waals surface area contributed by atoms with E-state index in [1.807, 2.05) is 24.3 Å². The lowest BCUT2D eigenvalue weighted by molar-refractivity contribution is -0.116. The second-order valence-corrected chi connectivity index (χ2v) is 7.30. The van der Waals surface area contributed by atoms with E-state index in [1.54, 1.807) is 31.2 Å². The highest BCUT2D eigenvalue weighted by Gasteiger charge is 2.18. The Balaban J connectivity index is 1.68. The lowest BCUT2D eigenvalue weighted by Gasteiger charge is -2.12. The van der Waals surface area contributed by atoms with E-state index in [4.69, 9.17) is 16.3 Å². The molecule has 0 amide bonds. The number of fused-ring (bicyclic) bond motifs is 1. The Labute approximate surface area is 141 Å². The number of nitrogens with zero attached hydrogens (tertiary/aromatic N) is 1. The first-order chi connectivity index (χ1) is 10.6. The van der Waals surface area contributed by atoms with Crippen LogP contribution in [0.15, 0.2) is 52.9 Å². The average molecular weight is 350 g/mol. The molecule has 3 nitrogen and oxygen atoms in total. The molecule has 0 saturated heterocycles. The molecule has 22 heavy (non-hydrogen) atoms. The molecule has 2 aromatic carbocycles. The smallest absolute Gasteiger partial charge is 0.236 e. The zero-order chi connectivity index (χ0) is 15.5. The quantitative estimate of drug-likeness (QED) is 0.619. The minimum atomic E-state index is -0.574. The maximum atomic E-state index is 12.3. The van der Waals surface area contributed by atoms with Gasteiger partial charge in [0.15, 0.2) is 10.4 Å². The van der Waals surface area contributed by atoms with Crippen molar-refractivity contribution < 1.29 is 9.53 Å². The molecule has 1 aromatic heterocycles. The third-order valence-corrected chi connectivity index (χ3v) is 5.27. The van der Waals surface area contributed by atoms with Crippen molar-refractivity contribution in [3.63, 3.8) is 0 Å². The summed E-state index contributed by atoms with van der Waals surface area (Å²) in [4.78, 5) is 16.7. The highest BCUT2D eigenvalue weighted by molar-refractivity contribution is 8.15. The van der Waals surface area contributed by atoms with Crippen LogP contribution in [-0.2, 0) is 4.79 Å². The normalized spacial score (nSPS) is 12.3. The predicted molar refractivity (Wildman–Crippen MR) is 92.0 cm³/mol. The summed E-state index contributed by atoms with van der Waals surface area (Å²) in [6, 6.07) is 14.8. The molecule has 0 spiro atoms. The fraction of sp³-hybridized carbons (Fsp3) is 0.125. The van der Waals surface area contributed by atoms with Crippen molar-refractivity contribution in [2.75, 3.05) is 0 Å². The fourth-order valence-electron chi connectivity index (χ4n) is 1.86. The Morgan fingerprint density at radius 1 is 1.27 bits per heavy atom. The van der Waals surface area contributed by atoms with Crippen LogP contribution in [0.3, 0.4) is 0 Å². The van der Waals surface area contributed by atoms with Crippen LogP contribution >= 0.6 is 34.7 Å². The molecule has 1 heterocycles. The first-order valence-electron chi connectivity index (χ1n) is 6.61. The van der Waals surface area contributed by atoms with Gasteiger partial charge in [-0.3, -0.25) is 4.79 Å². The molecule has 3 aromatic rings. The summed E-state index contributed by atoms with van der Waals surface area (Å²) >= 11 is 8.52. The van der Waals surface area contributed by atoms with Gasteiger partial charge in [0.05, 0.1) is 10.2 Å². The minimum Gasteiger partial charge on any atom is -0.482 e. The van der Waals surface area contributed by atoms with Crippen LogP contribution in [0.2, 0.25) is 5.02 Å². The number of carbonyl (C=O) groups is 1. The van der Waals surface area contributed by atoms with Crippen LogP contribution in [0.1, 0.15) is 6.92 Å². The number of hydrogen-bond acceptors (Lipinski definition) is 5. The number of thiazole rings is 1. The van der Waals surface area contributed by atoms with Crippen molar-refractivity contribution >= 4 is 50.0 Å². The molecular formula is C16H12ClNO2S2. The lowest BCUT2D eigenvalue weighted by Crippen LogP contribution is -2.20. The Bertz CT molecular complexity index is 786. The Hall–Kier alpha value is -1.56. The fourth-order valence-corrected chi connectivity index (χ4v) is 3.95. The second kappa shape index (κ2) is 6.69. The summed E-state index contributed by atoms with van der Waals surface area (Å²) in [5, 5.41) is 0.495. The van der Waals surface area contributed by atoms with Gasteiger partial charge in [0.25, 0.3) is 0 Å². The monoisotopic (exact) mass is 349 g/mol. The van der Waals surface area contributed by atoms with Gasteiger partial charge in [0.2, 0.25) is 5.12 Å². The molecule has 0 radical (unpaired) electrons. The molecule has 0 aliphatic heterocycles. The van der Waals surface area contributed by atoms with E-state index >= 15 is 0 Å². The maximum Gasteiger partial charge on any atom is 0.236 e. The molecule has 0 saturated carbocycles. The number of rotatable bonds is 4. The molecular weight excluding hydrogens is 338 g/mol. The molecule has 112 valence electrons. The molecule has 0 bridgehead atoms. The summed E-state index contributed by atoms with van der Waals surface area (Å²) in [7, 11) is 0. The number of thioether (sulfide) groups is 1. The van der Waals surface area contributed by atoms with E-state index in [0.29, 0.717) is 10.8 Å². The van der Waals surface area contributed by atoms with Gasteiger partial charge >= 0.3 is 0 Å². The van der Waals surface area contributed by atoms with Gasteiger partial charge in [0.1, 0.15) is 5.75 Å². The Morgan fingerprint density at radius 3 is 2.86 bits per heavy atom. The standard InChI is InChI=1S/C16H12ClNO2S2/c1-10(20-12-6-4-5-11(17)9-12)15(19)22-16-18-13-7-2-3-8-14(13)21-16/h2-10H,1H3.